The third-order valence-corrected chi connectivity index (χ3v) is 3.14. The van der Waals surface area contributed by atoms with E-state index in [1.807, 2.05) is 29.8 Å². The molecule has 0 amide bonds. The Kier molecular flexibility index (Phi) is 3.33. The molecule has 0 atom stereocenters. The van der Waals surface area contributed by atoms with Crippen LogP contribution in [0.3, 0.4) is 0 Å². The van der Waals surface area contributed by atoms with Gasteiger partial charge in [0.1, 0.15) is 5.82 Å². The summed E-state index contributed by atoms with van der Waals surface area (Å²) in [6.45, 7) is 2.02. The first-order valence-electron chi connectivity index (χ1n) is 5.55. The highest BCUT2D eigenvalue weighted by Crippen LogP contribution is 2.16. The first-order chi connectivity index (χ1) is 7.66. The van der Waals surface area contributed by atoms with Crippen molar-refractivity contribution in [1.82, 2.24) is 9.78 Å². The maximum absolute atomic E-state index is 4.51. The van der Waals surface area contributed by atoms with Crippen molar-refractivity contribution in [2.75, 3.05) is 4.30 Å². The van der Waals surface area contributed by atoms with Crippen molar-refractivity contribution in [3.63, 3.8) is 0 Å². The molecule has 0 aliphatic carbocycles. The predicted molar refractivity (Wildman–Crippen MR) is 69.4 cm³/mol. The van der Waals surface area contributed by atoms with Crippen molar-refractivity contribution in [3.8, 4) is 5.69 Å². The number of rotatable bonds is 3. The SMILES string of the molecule is Cc1cc([NH][Al]([CH3])[CH3])n(-c2ccccc2)n1. The Bertz CT molecular complexity index is 462. The van der Waals surface area contributed by atoms with Gasteiger partial charge in [0, 0.05) is 6.07 Å². The van der Waals surface area contributed by atoms with Crippen LogP contribution < -0.4 is 4.30 Å². The van der Waals surface area contributed by atoms with E-state index in [1.54, 1.807) is 0 Å². The minimum absolute atomic E-state index is 0.846. The van der Waals surface area contributed by atoms with Crippen molar-refractivity contribution in [2.45, 2.75) is 18.5 Å². The minimum atomic E-state index is -0.846. The largest absolute Gasteiger partial charge is 0.461 e. The van der Waals surface area contributed by atoms with Gasteiger partial charge in [-0.05, 0) is 19.1 Å². The number of anilines is 1. The van der Waals surface area contributed by atoms with Gasteiger partial charge in [-0.2, -0.15) is 5.10 Å². The maximum Gasteiger partial charge on any atom is 0.405 e. The van der Waals surface area contributed by atoms with Crippen LogP contribution in [0.2, 0.25) is 11.6 Å². The molecule has 2 aromatic rings. The van der Waals surface area contributed by atoms with Crippen LogP contribution in [0.1, 0.15) is 5.69 Å². The van der Waals surface area contributed by atoms with Crippen LogP contribution in [0.5, 0.6) is 0 Å². The third-order valence-electron chi connectivity index (χ3n) is 2.27. The second-order valence-electron chi connectivity index (χ2n) is 4.22. The average molecular weight is 229 g/mol. The molecular formula is C12H16AlN3. The first kappa shape index (κ1) is 11.3. The first-order valence-corrected chi connectivity index (χ1v) is 8.44. The van der Waals surface area contributed by atoms with E-state index in [1.165, 1.54) is 0 Å². The quantitative estimate of drug-likeness (QED) is 0.820. The molecule has 0 aliphatic heterocycles. The highest BCUT2D eigenvalue weighted by Gasteiger charge is 2.10. The molecule has 82 valence electrons. The summed E-state index contributed by atoms with van der Waals surface area (Å²) in [5, 5.41) is 4.51. The molecule has 0 bridgehead atoms. The average Bonchev–Trinajstić information content (AvgIpc) is 2.60. The summed E-state index contributed by atoms with van der Waals surface area (Å²) >= 11 is -0.846. The molecule has 1 heterocycles. The number of aryl methyl sites for hydroxylation is 1. The highest BCUT2D eigenvalue weighted by molar-refractivity contribution is 6.59. The van der Waals surface area contributed by atoms with Gasteiger partial charge in [0.25, 0.3) is 0 Å². The summed E-state index contributed by atoms with van der Waals surface area (Å²) in [5.74, 6) is 5.63. The molecule has 0 saturated carbocycles. The zero-order valence-corrected chi connectivity index (χ0v) is 11.1. The molecule has 2 rings (SSSR count). The molecule has 0 saturated heterocycles. The number of nitrogens with zero attached hydrogens (tertiary/aromatic N) is 2. The van der Waals surface area contributed by atoms with Crippen LogP contribution >= 0.6 is 0 Å². The van der Waals surface area contributed by atoms with E-state index < -0.39 is 14.4 Å². The van der Waals surface area contributed by atoms with Gasteiger partial charge < -0.3 is 4.30 Å². The lowest BCUT2D eigenvalue weighted by atomic mass is 10.3. The molecule has 0 spiro atoms. The van der Waals surface area contributed by atoms with E-state index in [4.69, 9.17) is 0 Å². The Morgan fingerprint density at radius 1 is 1.19 bits per heavy atom. The van der Waals surface area contributed by atoms with Crippen LogP contribution in [-0.4, -0.2) is 24.1 Å². The molecule has 16 heavy (non-hydrogen) atoms. The number of benzene rings is 1. The second-order valence-corrected chi connectivity index (χ2v) is 6.82. The van der Waals surface area contributed by atoms with Crippen molar-refractivity contribution >= 4 is 20.2 Å². The zero-order valence-electron chi connectivity index (χ0n) is 9.94. The van der Waals surface area contributed by atoms with Gasteiger partial charge in [-0.1, -0.05) is 29.8 Å². The van der Waals surface area contributed by atoms with Gasteiger partial charge in [0.15, 0.2) is 0 Å². The number of para-hydroxylation sites is 1. The Morgan fingerprint density at radius 2 is 1.88 bits per heavy atom. The molecular weight excluding hydrogens is 213 g/mol. The van der Waals surface area contributed by atoms with E-state index in [2.05, 4.69) is 39.2 Å². The van der Waals surface area contributed by atoms with E-state index in [-0.39, 0.29) is 0 Å². The van der Waals surface area contributed by atoms with Crippen molar-refractivity contribution in [1.29, 1.82) is 0 Å². The Hall–Kier alpha value is -1.24. The number of hydrogen-bond acceptors (Lipinski definition) is 2. The van der Waals surface area contributed by atoms with Crippen molar-refractivity contribution < 1.29 is 0 Å². The van der Waals surface area contributed by atoms with E-state index >= 15 is 0 Å². The van der Waals surface area contributed by atoms with Crippen LogP contribution in [-0.2, 0) is 0 Å². The summed E-state index contributed by atoms with van der Waals surface area (Å²) in [5.41, 5.74) is 2.15. The summed E-state index contributed by atoms with van der Waals surface area (Å²) < 4.78 is 5.51. The van der Waals surface area contributed by atoms with Crippen LogP contribution in [0.15, 0.2) is 36.4 Å². The maximum atomic E-state index is 4.51. The zero-order chi connectivity index (χ0) is 11.5. The van der Waals surface area contributed by atoms with Gasteiger partial charge in [-0.3, -0.25) is 0 Å². The molecule has 0 radical (unpaired) electrons. The lowest BCUT2D eigenvalue weighted by molar-refractivity contribution is 0.871. The molecule has 0 unspecified atom stereocenters. The molecule has 1 aromatic carbocycles. The fraction of sp³-hybridized carbons (Fsp3) is 0.250. The fourth-order valence-electron chi connectivity index (χ4n) is 1.66. The topological polar surface area (TPSA) is 29.9 Å². The molecule has 0 aliphatic rings. The smallest absolute Gasteiger partial charge is 0.405 e. The Morgan fingerprint density at radius 3 is 2.50 bits per heavy atom. The van der Waals surface area contributed by atoms with Crippen LogP contribution in [0, 0.1) is 6.92 Å². The van der Waals surface area contributed by atoms with Gasteiger partial charge >= 0.3 is 14.4 Å². The Balaban J connectivity index is 2.40. The molecule has 3 nitrogen and oxygen atoms in total. The van der Waals surface area contributed by atoms with Crippen molar-refractivity contribution in [3.05, 3.63) is 42.1 Å². The lowest BCUT2D eigenvalue weighted by Gasteiger charge is -2.10. The van der Waals surface area contributed by atoms with Gasteiger partial charge in [0.05, 0.1) is 11.4 Å². The summed E-state index contributed by atoms with van der Waals surface area (Å²) in [7, 11) is 0. The molecule has 4 heteroatoms. The summed E-state index contributed by atoms with van der Waals surface area (Å²) in [6, 6.07) is 12.3. The fourth-order valence-corrected chi connectivity index (χ4v) is 2.46. The summed E-state index contributed by atoms with van der Waals surface area (Å²) in [6.07, 6.45) is 0. The predicted octanol–water partition coefficient (Wildman–Crippen LogP) is 2.84. The van der Waals surface area contributed by atoms with E-state index in [0.29, 0.717) is 0 Å². The van der Waals surface area contributed by atoms with Crippen LogP contribution in [0.25, 0.3) is 5.69 Å². The van der Waals surface area contributed by atoms with Crippen LogP contribution in [0.4, 0.5) is 5.82 Å². The van der Waals surface area contributed by atoms with Crippen molar-refractivity contribution in [2.24, 2.45) is 0 Å². The van der Waals surface area contributed by atoms with Gasteiger partial charge in [-0.15, -0.1) is 0 Å². The molecule has 0 fully saturated rings. The Labute approximate surface area is 101 Å². The van der Waals surface area contributed by atoms with E-state index in [9.17, 15) is 0 Å². The van der Waals surface area contributed by atoms with E-state index in [0.717, 1.165) is 17.2 Å². The lowest BCUT2D eigenvalue weighted by Crippen LogP contribution is -2.17. The number of hydrogen-bond donors (Lipinski definition) is 1. The third kappa shape index (κ3) is 2.47. The standard InChI is InChI=1S/C10H10N3.2CH3.Al/c1-8-7-10(11)13(12-8)9-5-3-2-4-6-9;;;/h2-7,11H,1H3;2*1H3;/q-1;;;+1. The summed E-state index contributed by atoms with van der Waals surface area (Å²) in [4.78, 5) is 0. The molecule has 1 aromatic heterocycles. The normalized spacial score (nSPS) is 10.2. The number of aromatic nitrogens is 2. The monoisotopic (exact) mass is 229 g/mol. The highest BCUT2D eigenvalue weighted by atomic mass is 27.2. The van der Waals surface area contributed by atoms with Gasteiger partial charge in [0.2, 0.25) is 0 Å². The second kappa shape index (κ2) is 4.73. The number of nitrogens with one attached hydrogen (secondary N) is 1. The minimum Gasteiger partial charge on any atom is -0.461 e. The molecule has 1 N–H and O–H groups in total. The van der Waals surface area contributed by atoms with Gasteiger partial charge in [-0.25, -0.2) is 4.68 Å².